The average Bonchev–Trinajstić information content (AvgIpc) is 3.73. The molecule has 3 fully saturated rings. The number of furan rings is 1. The van der Waals surface area contributed by atoms with Gasteiger partial charge < -0.3 is 30.0 Å². The number of carbonyl (C=O) groups excluding carboxylic acids is 3. The zero-order valence-electron chi connectivity index (χ0n) is 26.4. The molecule has 2 aromatic carbocycles. The third-order valence-corrected chi connectivity index (χ3v) is 10.5. The maximum Gasteiger partial charge on any atom is 0.287 e. The van der Waals surface area contributed by atoms with Gasteiger partial charge in [-0.15, -0.1) is 0 Å². The fraction of sp³-hybridized carbons (Fsp3) is 0.528. The highest BCUT2D eigenvalue weighted by atomic mass is 79.9. The summed E-state index contributed by atoms with van der Waals surface area (Å²) in [6.45, 7) is 5.58. The van der Waals surface area contributed by atoms with E-state index >= 15 is 0 Å². The van der Waals surface area contributed by atoms with Gasteiger partial charge >= 0.3 is 0 Å². The number of halogens is 1. The molecule has 3 amide bonds. The Morgan fingerprint density at radius 3 is 2.41 bits per heavy atom. The second kappa shape index (κ2) is 15.1. The summed E-state index contributed by atoms with van der Waals surface area (Å²) in [5.41, 5.74) is 0.444. The molecule has 0 radical (unpaired) electrons. The van der Waals surface area contributed by atoms with Crippen molar-refractivity contribution in [2.45, 2.75) is 69.4 Å². The number of nitrogens with one attached hydrogen (secondary N) is 3. The summed E-state index contributed by atoms with van der Waals surface area (Å²) in [6, 6.07) is 16.2. The van der Waals surface area contributed by atoms with E-state index in [1.165, 1.54) is 0 Å². The number of fused-ring (bicyclic) bond motifs is 1. The molecule has 10 heteroatoms. The maximum atomic E-state index is 14.0. The summed E-state index contributed by atoms with van der Waals surface area (Å²) < 4.78 is 12.2. The van der Waals surface area contributed by atoms with Crippen LogP contribution in [0.15, 0.2) is 63.5 Å². The van der Waals surface area contributed by atoms with Gasteiger partial charge in [-0.05, 0) is 93.3 Å². The summed E-state index contributed by atoms with van der Waals surface area (Å²) >= 11 is 3.44. The lowest BCUT2D eigenvalue weighted by Crippen LogP contribution is -2.61. The minimum Gasteiger partial charge on any atom is -0.451 e. The first-order valence-electron chi connectivity index (χ1n) is 16.8. The Balaban J connectivity index is 1.08. The molecule has 3 N–H and O–H groups in total. The number of carbonyl (C=O) groups is 3. The van der Waals surface area contributed by atoms with Crippen LogP contribution in [-0.2, 0) is 20.7 Å². The van der Waals surface area contributed by atoms with E-state index < -0.39 is 17.5 Å². The van der Waals surface area contributed by atoms with Crippen molar-refractivity contribution in [3.8, 4) is 0 Å². The van der Waals surface area contributed by atoms with Crippen LogP contribution < -0.4 is 16.0 Å². The molecule has 246 valence electrons. The summed E-state index contributed by atoms with van der Waals surface area (Å²) in [6.07, 6.45) is 7.38. The molecule has 3 aliphatic rings. The van der Waals surface area contributed by atoms with Crippen molar-refractivity contribution >= 4 is 44.6 Å². The van der Waals surface area contributed by atoms with E-state index in [4.69, 9.17) is 9.15 Å². The number of likely N-dealkylation sites (tertiary alicyclic amines) is 1. The molecular weight excluding hydrogens is 648 g/mol. The van der Waals surface area contributed by atoms with Crippen LogP contribution in [0.1, 0.15) is 67.5 Å². The lowest BCUT2D eigenvalue weighted by Gasteiger charge is -2.35. The van der Waals surface area contributed by atoms with Gasteiger partial charge in [0.1, 0.15) is 17.2 Å². The van der Waals surface area contributed by atoms with E-state index in [0.717, 1.165) is 92.7 Å². The van der Waals surface area contributed by atoms with Gasteiger partial charge in [0.15, 0.2) is 5.76 Å². The quantitative estimate of drug-likeness (QED) is 0.254. The van der Waals surface area contributed by atoms with Gasteiger partial charge in [-0.2, -0.15) is 0 Å². The maximum absolute atomic E-state index is 14.0. The van der Waals surface area contributed by atoms with Crippen LogP contribution in [0.5, 0.6) is 0 Å². The van der Waals surface area contributed by atoms with Crippen molar-refractivity contribution in [2.24, 2.45) is 11.8 Å². The second-order valence-electron chi connectivity index (χ2n) is 13.3. The van der Waals surface area contributed by atoms with E-state index in [-0.39, 0.29) is 17.6 Å². The van der Waals surface area contributed by atoms with E-state index in [1.54, 1.807) is 6.07 Å². The van der Waals surface area contributed by atoms with Gasteiger partial charge in [0.2, 0.25) is 11.8 Å². The number of hydrogen-bond donors (Lipinski definition) is 3. The highest BCUT2D eigenvalue weighted by molar-refractivity contribution is 9.10. The molecule has 1 saturated carbocycles. The first-order valence-corrected chi connectivity index (χ1v) is 17.6. The predicted octanol–water partition coefficient (Wildman–Crippen LogP) is 5.22. The Hall–Kier alpha value is -3.21. The van der Waals surface area contributed by atoms with E-state index in [0.29, 0.717) is 37.3 Å². The van der Waals surface area contributed by atoms with E-state index in [9.17, 15) is 14.4 Å². The predicted molar refractivity (Wildman–Crippen MR) is 180 cm³/mol. The fourth-order valence-electron chi connectivity index (χ4n) is 7.17. The Morgan fingerprint density at radius 1 is 0.935 bits per heavy atom. The number of nitrogens with zero attached hydrogens (tertiary/aromatic N) is 1. The number of ether oxygens (including phenoxy) is 1. The largest absolute Gasteiger partial charge is 0.451 e. The van der Waals surface area contributed by atoms with Crippen LogP contribution in [0, 0.1) is 11.8 Å². The van der Waals surface area contributed by atoms with Gasteiger partial charge in [0, 0.05) is 42.6 Å². The highest BCUT2D eigenvalue weighted by Gasteiger charge is 2.44. The van der Waals surface area contributed by atoms with Crippen molar-refractivity contribution in [1.29, 1.82) is 0 Å². The third kappa shape index (κ3) is 8.19. The highest BCUT2D eigenvalue weighted by Crippen LogP contribution is 2.32. The number of piperidine rings is 1. The molecule has 0 spiro atoms. The topological polar surface area (TPSA) is 113 Å². The smallest absolute Gasteiger partial charge is 0.287 e. The van der Waals surface area contributed by atoms with E-state index in [1.807, 2.05) is 48.5 Å². The molecular formula is C36H45BrN4O5. The van der Waals surface area contributed by atoms with Crippen LogP contribution in [-0.4, -0.2) is 73.6 Å². The zero-order chi connectivity index (χ0) is 31.9. The number of benzene rings is 2. The lowest BCUT2D eigenvalue weighted by atomic mass is 9.93. The molecule has 6 rings (SSSR count). The molecule has 46 heavy (non-hydrogen) atoms. The summed E-state index contributed by atoms with van der Waals surface area (Å²) in [4.78, 5) is 43.7. The molecule has 1 aliphatic carbocycles. The number of rotatable bonds is 11. The summed E-state index contributed by atoms with van der Waals surface area (Å²) in [5.74, 6) is 0.342. The van der Waals surface area contributed by atoms with Crippen molar-refractivity contribution in [2.75, 3.05) is 39.4 Å². The van der Waals surface area contributed by atoms with Gasteiger partial charge in [-0.25, -0.2) is 0 Å². The summed E-state index contributed by atoms with van der Waals surface area (Å²) in [7, 11) is 0. The van der Waals surface area contributed by atoms with Crippen LogP contribution in [0.2, 0.25) is 0 Å². The van der Waals surface area contributed by atoms with Gasteiger partial charge in [-0.1, -0.05) is 59.1 Å². The molecule has 3 heterocycles. The summed E-state index contributed by atoms with van der Waals surface area (Å²) in [5, 5.41) is 10.0. The standard InChI is InChI=1S/C36H45BrN4O5/c37-29-9-8-28-21-32(46-31(28)22-29)34(43)40-36(14-4-5-15-36)35(44)39-30(20-25-6-2-1-3-7-25)33(42)38-23-26-10-16-41(17-11-26)24-27-12-18-45-19-13-27/h1-3,6-9,21-22,26-27,30H,4-5,10-20,23-24H2,(H,38,42)(H,39,44)(H,40,43)/t30-/m1/s1. The average molecular weight is 694 g/mol. The Bertz CT molecular complexity index is 1490. The van der Waals surface area contributed by atoms with Crippen molar-refractivity contribution < 1.29 is 23.5 Å². The molecule has 9 nitrogen and oxygen atoms in total. The van der Waals surface area contributed by atoms with Crippen LogP contribution in [0.4, 0.5) is 0 Å². The van der Waals surface area contributed by atoms with Crippen LogP contribution in [0.25, 0.3) is 11.0 Å². The first-order chi connectivity index (χ1) is 22.4. The molecule has 0 unspecified atom stereocenters. The Labute approximate surface area is 279 Å². The molecule has 1 atom stereocenters. The van der Waals surface area contributed by atoms with E-state index in [2.05, 4.69) is 36.8 Å². The SMILES string of the molecule is O=C(NC1(C(=O)N[C@H](Cc2ccccc2)C(=O)NCC2CCN(CC3CCOCC3)CC2)CCCC1)c1cc2ccc(Br)cc2o1. The Kier molecular flexibility index (Phi) is 10.8. The third-order valence-electron chi connectivity index (χ3n) is 9.98. The van der Waals surface area contributed by atoms with Gasteiger partial charge in [0.25, 0.3) is 5.91 Å². The van der Waals surface area contributed by atoms with Crippen molar-refractivity contribution in [1.82, 2.24) is 20.9 Å². The zero-order valence-corrected chi connectivity index (χ0v) is 28.0. The number of amides is 3. The molecule has 3 aromatic rings. The minimum atomic E-state index is -1.11. The molecule has 2 aliphatic heterocycles. The molecule has 1 aromatic heterocycles. The molecule has 0 bridgehead atoms. The van der Waals surface area contributed by atoms with Crippen molar-refractivity contribution in [3.05, 3.63) is 70.4 Å². The second-order valence-corrected chi connectivity index (χ2v) is 14.2. The first kappa shape index (κ1) is 32.7. The minimum absolute atomic E-state index is 0.157. The molecule has 2 saturated heterocycles. The number of hydrogen-bond acceptors (Lipinski definition) is 6. The lowest BCUT2D eigenvalue weighted by molar-refractivity contribution is -0.132. The van der Waals surface area contributed by atoms with Gasteiger partial charge in [-0.3, -0.25) is 14.4 Å². The monoisotopic (exact) mass is 692 g/mol. The normalized spacial score (nSPS) is 19.9. The Morgan fingerprint density at radius 2 is 1.67 bits per heavy atom. The van der Waals surface area contributed by atoms with Crippen molar-refractivity contribution in [3.63, 3.8) is 0 Å². The fourth-order valence-corrected chi connectivity index (χ4v) is 7.51. The van der Waals surface area contributed by atoms with Crippen LogP contribution in [0.3, 0.4) is 0 Å². The van der Waals surface area contributed by atoms with Crippen LogP contribution >= 0.6 is 15.9 Å². The van der Waals surface area contributed by atoms with Gasteiger partial charge in [0.05, 0.1) is 0 Å².